The van der Waals surface area contributed by atoms with Gasteiger partial charge in [-0.1, -0.05) is 78.6 Å². The first-order valence-corrected chi connectivity index (χ1v) is 37.9. The van der Waals surface area contributed by atoms with Crippen LogP contribution < -0.4 is 0 Å². The van der Waals surface area contributed by atoms with Crippen LogP contribution in [0.4, 0.5) is 0 Å². The first-order valence-electron chi connectivity index (χ1n) is 17.0. The molecule has 47 heavy (non-hydrogen) atoms. The van der Waals surface area contributed by atoms with Gasteiger partial charge in [-0.15, -0.1) is 0 Å². The Labute approximate surface area is 290 Å². The fourth-order valence-corrected chi connectivity index (χ4v) is 31.4. The molecule has 1 unspecified atom stereocenters. The molecule has 0 aromatic carbocycles. The molecule has 2 heterocycles. The Kier molecular flexibility index (Phi) is 12.8. The minimum absolute atomic E-state index is 0.633. The summed E-state index contributed by atoms with van der Waals surface area (Å²) in [4.78, 5) is 0. The Hall–Kier alpha value is 0.861. The van der Waals surface area contributed by atoms with Gasteiger partial charge in [-0.05, 0) is 39.3 Å². The summed E-state index contributed by atoms with van der Waals surface area (Å²) in [7, 11) is -16.1. The van der Waals surface area contributed by atoms with Crippen molar-refractivity contribution in [3.8, 4) is 0 Å². The van der Waals surface area contributed by atoms with Crippen LogP contribution in [0, 0.1) is 0 Å². The van der Waals surface area contributed by atoms with Crippen molar-refractivity contribution in [2.45, 2.75) is 182 Å². The molecule has 2 fully saturated rings. The molecule has 0 spiro atoms. The van der Waals surface area contributed by atoms with E-state index in [0.29, 0.717) is 0 Å². The molecule has 2 saturated heterocycles. The van der Waals surface area contributed by atoms with Crippen LogP contribution in [0.2, 0.25) is 118 Å². The molecule has 0 amide bonds. The van der Waals surface area contributed by atoms with Crippen LogP contribution in [-0.4, -0.2) is 151 Å². The summed E-state index contributed by atoms with van der Waals surface area (Å²) in [5, 5.41) is 64.3. The molecule has 2 aliphatic heterocycles. The molecule has 0 bridgehead atoms. The molecule has 11 atom stereocenters. The van der Waals surface area contributed by atoms with E-state index in [1.165, 1.54) is 0 Å². The lowest BCUT2D eigenvalue weighted by molar-refractivity contribution is -0.395. The molecule has 280 valence electrons. The highest BCUT2D eigenvalue weighted by Gasteiger charge is 2.85. The molecule has 0 aliphatic carbocycles. The molecule has 0 saturated carbocycles. The average molecular weight is 775 g/mol. The fraction of sp³-hybridized carbons (Fsp3) is 1.00. The average Bonchev–Trinajstić information content (AvgIpc) is 2.83. The molecular weight excluding hydrogens is 705 g/mol. The Bertz CT molecular complexity index is 1060. The van der Waals surface area contributed by atoms with Gasteiger partial charge in [-0.3, -0.25) is 0 Å². The molecule has 17 heteroatoms. The van der Waals surface area contributed by atoms with Gasteiger partial charge < -0.3 is 53.7 Å². The van der Waals surface area contributed by atoms with E-state index in [9.17, 15) is 30.6 Å². The summed E-state index contributed by atoms with van der Waals surface area (Å²) < 4.78 is 35.0. The van der Waals surface area contributed by atoms with E-state index < -0.39 is 120 Å². The van der Waals surface area contributed by atoms with Crippen molar-refractivity contribution in [1.29, 1.82) is 0 Å². The Morgan fingerprint density at radius 3 is 1.43 bits per heavy atom. The Balaban J connectivity index is 3.30. The van der Waals surface area contributed by atoms with Gasteiger partial charge in [0.2, 0.25) is 0 Å². The van der Waals surface area contributed by atoms with Gasteiger partial charge >= 0.3 is 0 Å². The molecule has 0 aromatic heterocycles. The second-order valence-corrected chi connectivity index (χ2v) is 49.7. The summed E-state index contributed by atoms with van der Waals surface area (Å²) in [5.74, 6) is 0. The number of aliphatic hydroxyl groups excluding tert-OH is 6. The molecule has 0 aromatic rings. The zero-order chi connectivity index (χ0) is 37.4. The van der Waals surface area contributed by atoms with Crippen molar-refractivity contribution in [2.75, 3.05) is 6.61 Å². The predicted octanol–water partition coefficient (Wildman–Crippen LogP) is 3.31. The van der Waals surface area contributed by atoms with Gasteiger partial charge in [0.15, 0.2) is 29.2 Å². The van der Waals surface area contributed by atoms with Gasteiger partial charge in [-0.2, -0.15) is 0 Å². The van der Waals surface area contributed by atoms with Crippen LogP contribution in [0.5, 0.6) is 0 Å². The lowest BCUT2D eigenvalue weighted by Crippen LogP contribution is -2.99. The topological polar surface area (TPSA) is 168 Å². The highest BCUT2D eigenvalue weighted by atomic mass is 28.4. The summed E-state index contributed by atoms with van der Waals surface area (Å²) in [6, 6.07) is 0. The van der Waals surface area contributed by atoms with Crippen molar-refractivity contribution < 1.29 is 53.7 Å². The maximum atomic E-state index is 13.1. The van der Waals surface area contributed by atoms with Crippen LogP contribution in [0.1, 0.15) is 0 Å². The highest BCUT2D eigenvalue weighted by Crippen LogP contribution is 2.63. The quantitative estimate of drug-likeness (QED) is 0.161. The van der Waals surface area contributed by atoms with E-state index in [2.05, 4.69) is 118 Å². The fourth-order valence-electron chi connectivity index (χ4n) is 8.02. The predicted molar refractivity (Wildman–Crippen MR) is 202 cm³/mol. The lowest BCUT2D eigenvalue weighted by Gasteiger charge is -2.77. The highest BCUT2D eigenvalue weighted by molar-refractivity contribution is 6.92. The van der Waals surface area contributed by atoms with Crippen LogP contribution in [0.3, 0.4) is 0 Å². The largest absolute Gasteiger partial charge is 0.410 e. The molecule has 0 radical (unpaired) electrons. The van der Waals surface area contributed by atoms with Crippen LogP contribution in [-0.2, 0) is 23.1 Å². The Morgan fingerprint density at radius 1 is 0.617 bits per heavy atom. The van der Waals surface area contributed by atoms with E-state index in [0.717, 1.165) is 0 Å². The lowest BCUT2D eigenvalue weighted by atomic mass is 9.95. The maximum absolute atomic E-state index is 13.1. The van der Waals surface area contributed by atoms with Crippen molar-refractivity contribution >= 4 is 48.9 Å². The van der Waals surface area contributed by atoms with Gasteiger partial charge in [0.25, 0.3) is 0 Å². The number of aliphatic hydroxyl groups is 6. The SMILES string of the molecule is C[Si](C)(C)O[C@]1([Si](C)(C)C)[C@](C(O)[Si](C)(C)C)([Si](C)(C)C)O[C@H](O[C@H]2O[C@H](CO)[C@@H](O)[C@H](O)[C@H]2O)[C@H](O)[C@]1(O[Si](C)(C)C)[Si](C)(C)C. The third kappa shape index (κ3) is 7.67. The van der Waals surface area contributed by atoms with Crippen LogP contribution >= 0.6 is 0 Å². The monoisotopic (exact) mass is 774 g/mol. The second-order valence-electron chi connectivity index (χ2n) is 19.9. The minimum atomic E-state index is -2.84. The summed E-state index contributed by atoms with van der Waals surface area (Å²) in [6.07, 6.45) is -10.7. The second kappa shape index (κ2) is 13.7. The number of hydrogen-bond donors (Lipinski definition) is 6. The first-order chi connectivity index (χ1) is 20.6. The molecule has 2 rings (SSSR count). The van der Waals surface area contributed by atoms with E-state index in [1.807, 2.05) is 0 Å². The zero-order valence-electron chi connectivity index (χ0n) is 32.6. The van der Waals surface area contributed by atoms with Crippen molar-refractivity contribution in [3.05, 3.63) is 0 Å². The summed E-state index contributed by atoms with van der Waals surface area (Å²) in [6.45, 7) is 38.1. The number of ether oxygens (including phenoxy) is 3. The number of hydrogen-bond acceptors (Lipinski definition) is 11. The van der Waals surface area contributed by atoms with Crippen molar-refractivity contribution in [3.63, 3.8) is 0 Å². The maximum Gasteiger partial charge on any atom is 0.189 e. The van der Waals surface area contributed by atoms with Gasteiger partial charge in [0.05, 0.1) is 49.9 Å². The Morgan fingerprint density at radius 2 is 1.09 bits per heavy atom. The van der Waals surface area contributed by atoms with Crippen molar-refractivity contribution in [2.24, 2.45) is 0 Å². The minimum Gasteiger partial charge on any atom is -0.410 e. The van der Waals surface area contributed by atoms with Crippen LogP contribution in [0.25, 0.3) is 0 Å². The third-order valence-corrected chi connectivity index (χ3v) is 23.6. The van der Waals surface area contributed by atoms with Crippen molar-refractivity contribution in [1.82, 2.24) is 0 Å². The van der Waals surface area contributed by atoms with Crippen LogP contribution in [0.15, 0.2) is 0 Å². The van der Waals surface area contributed by atoms with E-state index in [1.54, 1.807) is 0 Å². The molecule has 2 aliphatic rings. The molecule has 6 N–H and O–H groups in total. The van der Waals surface area contributed by atoms with Gasteiger partial charge in [0, 0.05) is 0 Å². The summed E-state index contributed by atoms with van der Waals surface area (Å²) >= 11 is 0. The van der Waals surface area contributed by atoms with E-state index in [4.69, 9.17) is 23.1 Å². The molecular formula is C30H70O11Si6. The zero-order valence-corrected chi connectivity index (χ0v) is 38.6. The number of rotatable bonds is 12. The third-order valence-electron chi connectivity index (χ3n) is 9.56. The standard InChI is InChI=1S/C30H70O11Si6/c1-42(2,3)27(36)29(44(7,8)9)30(45(10,11)12,41-47(16,17)18)28(43(4,5)6,40-46(13,14)15)24(35)26(39-29)38-25-23(34)22(33)21(32)20(19-31)37-25/h20-27,31-36H,19H2,1-18H3/t20-,21-,22+,23-,24+,25-,26+,27?,28+,29+,30-/m1/s1. The van der Waals surface area contributed by atoms with Gasteiger partial charge in [0.1, 0.15) is 41.0 Å². The molecule has 11 nitrogen and oxygen atoms in total. The van der Waals surface area contributed by atoms with E-state index in [-0.39, 0.29) is 0 Å². The van der Waals surface area contributed by atoms with Gasteiger partial charge in [-0.25, -0.2) is 0 Å². The smallest absolute Gasteiger partial charge is 0.189 e. The first kappa shape index (κ1) is 44.0. The van der Waals surface area contributed by atoms with E-state index >= 15 is 0 Å². The summed E-state index contributed by atoms with van der Waals surface area (Å²) in [5.41, 5.74) is -0.987. The normalized spacial score (nSPS) is 39.2.